The summed E-state index contributed by atoms with van der Waals surface area (Å²) in [6.45, 7) is 8.26. The first-order valence-corrected chi connectivity index (χ1v) is 9.43. The highest BCUT2D eigenvalue weighted by atomic mass is 127. The Morgan fingerprint density at radius 2 is 1.75 bits per heavy atom. The minimum Gasteiger partial charge on any atom is -1.00 e. The summed E-state index contributed by atoms with van der Waals surface area (Å²) in [6.07, 6.45) is 4.45. The standard InChI is InChI=1S/C20H33N2O.HI/c1-3-22(2)15-13-21(14-16-22)20(17-9-5-4-6-10-17)18-11-7-8-12-19(18)23;/h4-6,9-10,18-20,23H,3,7-8,11-16H2,1-2H3;1H/q+1;/p-1. The molecule has 1 saturated heterocycles. The highest BCUT2D eigenvalue weighted by Crippen LogP contribution is 2.39. The summed E-state index contributed by atoms with van der Waals surface area (Å²) in [7, 11) is 2.38. The molecule has 0 radical (unpaired) electrons. The van der Waals surface area contributed by atoms with Gasteiger partial charge in [0.15, 0.2) is 0 Å². The van der Waals surface area contributed by atoms with E-state index in [9.17, 15) is 5.11 Å². The van der Waals surface area contributed by atoms with Crippen molar-refractivity contribution in [3.05, 3.63) is 35.9 Å². The van der Waals surface area contributed by atoms with E-state index < -0.39 is 0 Å². The average molecular weight is 444 g/mol. The minimum atomic E-state index is -0.136. The van der Waals surface area contributed by atoms with Crippen molar-refractivity contribution in [2.24, 2.45) is 5.92 Å². The van der Waals surface area contributed by atoms with Gasteiger partial charge in [-0.05, 0) is 25.3 Å². The molecule has 2 aliphatic rings. The van der Waals surface area contributed by atoms with Crippen LogP contribution in [0.5, 0.6) is 0 Å². The first-order chi connectivity index (χ1) is 11.1. The zero-order valence-electron chi connectivity index (χ0n) is 15.2. The van der Waals surface area contributed by atoms with Gasteiger partial charge in [-0.1, -0.05) is 43.2 Å². The molecule has 2 fully saturated rings. The fourth-order valence-corrected chi connectivity index (χ4v) is 4.45. The lowest BCUT2D eigenvalue weighted by Gasteiger charge is -2.47. The number of hydrogen-bond acceptors (Lipinski definition) is 2. The van der Waals surface area contributed by atoms with Crippen LogP contribution in [0.1, 0.15) is 44.2 Å². The van der Waals surface area contributed by atoms with Crippen LogP contribution in [0, 0.1) is 5.92 Å². The van der Waals surface area contributed by atoms with Crippen molar-refractivity contribution >= 4 is 0 Å². The SMILES string of the molecule is CC[N+]1(C)CCN(C(c2ccccc2)C2CCCCC2O)CC1.[I-]. The maximum atomic E-state index is 10.6. The smallest absolute Gasteiger partial charge is 0.0914 e. The summed E-state index contributed by atoms with van der Waals surface area (Å²) in [4.78, 5) is 2.66. The molecule has 4 heteroatoms. The molecule has 3 nitrogen and oxygen atoms in total. The maximum absolute atomic E-state index is 10.6. The van der Waals surface area contributed by atoms with Gasteiger partial charge in [0.1, 0.15) is 0 Å². The third-order valence-electron chi connectivity index (χ3n) is 6.34. The molecule has 1 aromatic carbocycles. The van der Waals surface area contributed by atoms with Crippen molar-refractivity contribution in [1.82, 2.24) is 4.90 Å². The van der Waals surface area contributed by atoms with Crippen LogP contribution in [0.25, 0.3) is 0 Å². The lowest BCUT2D eigenvalue weighted by molar-refractivity contribution is -0.912. The van der Waals surface area contributed by atoms with Gasteiger partial charge >= 0.3 is 0 Å². The molecular formula is C20H33IN2O. The van der Waals surface area contributed by atoms with Gasteiger partial charge in [-0.15, -0.1) is 0 Å². The monoisotopic (exact) mass is 444 g/mol. The summed E-state index contributed by atoms with van der Waals surface area (Å²) in [6, 6.07) is 11.3. The second kappa shape index (κ2) is 8.97. The van der Waals surface area contributed by atoms with Crippen molar-refractivity contribution in [2.45, 2.75) is 44.8 Å². The lowest BCUT2D eigenvalue weighted by Crippen LogP contribution is -3.00. The number of hydrogen-bond donors (Lipinski definition) is 1. The molecule has 0 aromatic heterocycles. The molecule has 0 amide bonds. The van der Waals surface area contributed by atoms with E-state index in [4.69, 9.17) is 0 Å². The van der Waals surface area contributed by atoms with E-state index in [1.54, 1.807) is 0 Å². The Labute approximate surface area is 164 Å². The summed E-state index contributed by atoms with van der Waals surface area (Å²) in [5.74, 6) is 0.393. The van der Waals surface area contributed by atoms with Gasteiger partial charge in [0.05, 0.1) is 32.8 Å². The van der Waals surface area contributed by atoms with Crippen LogP contribution in [0.15, 0.2) is 30.3 Å². The molecule has 3 atom stereocenters. The van der Waals surface area contributed by atoms with Crippen LogP contribution in [0.3, 0.4) is 0 Å². The van der Waals surface area contributed by atoms with Gasteiger partial charge in [-0.25, -0.2) is 0 Å². The van der Waals surface area contributed by atoms with Gasteiger partial charge in [0, 0.05) is 25.0 Å². The van der Waals surface area contributed by atoms with E-state index in [0.29, 0.717) is 12.0 Å². The number of halogens is 1. The van der Waals surface area contributed by atoms with Gasteiger partial charge in [-0.2, -0.15) is 0 Å². The predicted molar refractivity (Wildman–Crippen MR) is 95.2 cm³/mol. The Morgan fingerprint density at radius 3 is 2.33 bits per heavy atom. The molecule has 1 N–H and O–H groups in total. The zero-order valence-corrected chi connectivity index (χ0v) is 17.4. The number of nitrogens with zero attached hydrogens (tertiary/aromatic N) is 2. The third kappa shape index (κ3) is 4.51. The fourth-order valence-electron chi connectivity index (χ4n) is 4.45. The molecule has 1 aliphatic carbocycles. The number of quaternary nitrogens is 1. The third-order valence-corrected chi connectivity index (χ3v) is 6.34. The minimum absolute atomic E-state index is 0. The highest BCUT2D eigenvalue weighted by Gasteiger charge is 2.38. The van der Waals surface area contributed by atoms with Crippen molar-refractivity contribution in [3.63, 3.8) is 0 Å². The topological polar surface area (TPSA) is 23.5 Å². The second-order valence-electron chi connectivity index (χ2n) is 7.79. The summed E-state index contributed by atoms with van der Waals surface area (Å²) in [5.41, 5.74) is 1.39. The molecule has 1 aromatic rings. The van der Waals surface area contributed by atoms with Crippen molar-refractivity contribution in [3.8, 4) is 0 Å². The number of rotatable bonds is 4. The first-order valence-electron chi connectivity index (χ1n) is 9.43. The zero-order chi connectivity index (χ0) is 16.3. The molecule has 136 valence electrons. The van der Waals surface area contributed by atoms with E-state index in [-0.39, 0.29) is 30.1 Å². The highest BCUT2D eigenvalue weighted by molar-refractivity contribution is 5.20. The van der Waals surface area contributed by atoms with Gasteiger partial charge < -0.3 is 33.6 Å². The molecular weight excluding hydrogens is 411 g/mol. The molecule has 1 heterocycles. The van der Waals surface area contributed by atoms with Gasteiger partial charge in [0.2, 0.25) is 0 Å². The van der Waals surface area contributed by atoms with Crippen LogP contribution in [-0.4, -0.2) is 60.4 Å². The Morgan fingerprint density at radius 1 is 1.12 bits per heavy atom. The average Bonchev–Trinajstić information content (AvgIpc) is 2.60. The Kier molecular flexibility index (Phi) is 7.53. The summed E-state index contributed by atoms with van der Waals surface area (Å²) in [5, 5.41) is 10.6. The molecule has 1 aliphatic heterocycles. The number of piperazine rings is 1. The number of likely N-dealkylation sites (N-methyl/N-ethyl adjacent to an activating group) is 1. The number of aliphatic hydroxyl groups is 1. The van der Waals surface area contributed by atoms with E-state index >= 15 is 0 Å². The van der Waals surface area contributed by atoms with Gasteiger partial charge in [0.25, 0.3) is 0 Å². The second-order valence-corrected chi connectivity index (χ2v) is 7.79. The van der Waals surface area contributed by atoms with Crippen molar-refractivity contribution < 1.29 is 33.6 Å². The maximum Gasteiger partial charge on any atom is 0.0914 e. The summed E-state index contributed by atoms with van der Waals surface area (Å²) >= 11 is 0. The van der Waals surface area contributed by atoms with E-state index in [1.165, 1.54) is 42.5 Å². The van der Waals surface area contributed by atoms with Crippen LogP contribution in [0.4, 0.5) is 0 Å². The molecule has 3 rings (SSSR count). The van der Waals surface area contributed by atoms with E-state index in [0.717, 1.165) is 25.9 Å². The molecule has 24 heavy (non-hydrogen) atoms. The van der Waals surface area contributed by atoms with E-state index in [1.807, 2.05) is 0 Å². The Bertz CT molecular complexity index is 488. The molecule has 0 spiro atoms. The van der Waals surface area contributed by atoms with Crippen LogP contribution < -0.4 is 24.0 Å². The quantitative estimate of drug-likeness (QED) is 0.525. The van der Waals surface area contributed by atoms with Crippen LogP contribution in [-0.2, 0) is 0 Å². The van der Waals surface area contributed by atoms with Crippen LogP contribution >= 0.6 is 0 Å². The summed E-state index contributed by atoms with van der Waals surface area (Å²) < 4.78 is 1.19. The van der Waals surface area contributed by atoms with E-state index in [2.05, 4.69) is 49.2 Å². The predicted octanol–water partition coefficient (Wildman–Crippen LogP) is 0.0649. The Balaban J connectivity index is 0.00000208. The fraction of sp³-hybridized carbons (Fsp3) is 0.700. The van der Waals surface area contributed by atoms with Gasteiger partial charge in [-0.3, -0.25) is 4.90 Å². The molecule has 3 unspecified atom stereocenters. The van der Waals surface area contributed by atoms with Crippen LogP contribution in [0.2, 0.25) is 0 Å². The lowest BCUT2D eigenvalue weighted by atomic mass is 9.78. The number of benzene rings is 1. The van der Waals surface area contributed by atoms with Crippen molar-refractivity contribution in [2.75, 3.05) is 39.8 Å². The molecule has 0 bridgehead atoms. The van der Waals surface area contributed by atoms with Crippen molar-refractivity contribution in [1.29, 1.82) is 0 Å². The molecule has 1 saturated carbocycles. The largest absolute Gasteiger partial charge is 1.00 e. The first kappa shape index (κ1) is 20.1. The normalized spacial score (nSPS) is 28.8. The number of aliphatic hydroxyl groups excluding tert-OH is 1. The Hall–Kier alpha value is -0.170.